The average molecular weight is 264 g/mol. The molecule has 0 amide bonds. The van der Waals surface area contributed by atoms with E-state index in [0.29, 0.717) is 6.10 Å². The summed E-state index contributed by atoms with van der Waals surface area (Å²) in [6.07, 6.45) is 1.36. The summed E-state index contributed by atoms with van der Waals surface area (Å²) >= 11 is 0. The van der Waals surface area contributed by atoms with Gasteiger partial charge in [0, 0.05) is 25.3 Å². The summed E-state index contributed by atoms with van der Waals surface area (Å²) in [6, 6.07) is 4.26. The second-order valence-electron chi connectivity index (χ2n) is 5.06. The number of benzene rings is 1. The first kappa shape index (κ1) is 14.2. The zero-order valence-corrected chi connectivity index (χ0v) is 12.1. The molecule has 0 spiro atoms. The lowest BCUT2D eigenvalue weighted by Gasteiger charge is -2.23. The van der Waals surface area contributed by atoms with Crippen molar-refractivity contribution in [1.29, 1.82) is 0 Å². The third-order valence-corrected chi connectivity index (χ3v) is 3.46. The quantitative estimate of drug-likeness (QED) is 0.854. The Morgan fingerprint density at radius 3 is 2.68 bits per heavy atom. The van der Waals surface area contributed by atoms with Crippen molar-refractivity contribution in [3.8, 4) is 5.75 Å². The van der Waals surface area contributed by atoms with E-state index in [9.17, 15) is 0 Å². The van der Waals surface area contributed by atoms with Crippen LogP contribution in [0.5, 0.6) is 5.75 Å². The standard InChI is InChI=1S/C15H24N2O2/c1-11-8-13(9-12(2)15(11)18-3)17-5-4-14-10-16-6-7-19-14/h8-9,14,16-17H,4-7,10H2,1-3H3. The van der Waals surface area contributed by atoms with Gasteiger partial charge in [-0.05, 0) is 43.5 Å². The van der Waals surface area contributed by atoms with Crippen molar-refractivity contribution in [2.45, 2.75) is 26.4 Å². The van der Waals surface area contributed by atoms with Crippen molar-refractivity contribution in [3.05, 3.63) is 23.3 Å². The molecular weight excluding hydrogens is 240 g/mol. The van der Waals surface area contributed by atoms with Gasteiger partial charge in [0.15, 0.2) is 0 Å². The van der Waals surface area contributed by atoms with Crippen LogP contribution in [0.2, 0.25) is 0 Å². The summed E-state index contributed by atoms with van der Waals surface area (Å²) in [4.78, 5) is 0. The molecule has 0 saturated carbocycles. The van der Waals surface area contributed by atoms with E-state index in [-0.39, 0.29) is 0 Å². The summed E-state index contributed by atoms with van der Waals surface area (Å²) in [7, 11) is 1.72. The number of nitrogens with one attached hydrogen (secondary N) is 2. The fourth-order valence-electron chi connectivity index (χ4n) is 2.56. The fourth-order valence-corrected chi connectivity index (χ4v) is 2.56. The van der Waals surface area contributed by atoms with Crippen molar-refractivity contribution in [2.75, 3.05) is 38.7 Å². The van der Waals surface area contributed by atoms with Crippen LogP contribution in [-0.2, 0) is 4.74 Å². The maximum Gasteiger partial charge on any atom is 0.124 e. The minimum Gasteiger partial charge on any atom is -0.496 e. The largest absolute Gasteiger partial charge is 0.496 e. The number of rotatable bonds is 5. The molecular formula is C15H24N2O2. The molecule has 1 unspecified atom stereocenters. The van der Waals surface area contributed by atoms with Gasteiger partial charge >= 0.3 is 0 Å². The van der Waals surface area contributed by atoms with E-state index < -0.39 is 0 Å². The first-order valence-electron chi connectivity index (χ1n) is 6.92. The highest BCUT2D eigenvalue weighted by Gasteiger charge is 2.12. The Balaban J connectivity index is 1.85. The summed E-state index contributed by atoms with van der Waals surface area (Å²) < 4.78 is 11.1. The summed E-state index contributed by atoms with van der Waals surface area (Å²) in [5.41, 5.74) is 3.49. The Morgan fingerprint density at radius 1 is 1.37 bits per heavy atom. The van der Waals surface area contributed by atoms with E-state index in [4.69, 9.17) is 9.47 Å². The number of anilines is 1. The van der Waals surface area contributed by atoms with Crippen molar-refractivity contribution in [1.82, 2.24) is 5.32 Å². The molecule has 2 N–H and O–H groups in total. The number of hydrogen-bond donors (Lipinski definition) is 2. The summed E-state index contributed by atoms with van der Waals surface area (Å²) in [5, 5.41) is 6.81. The van der Waals surface area contributed by atoms with Crippen molar-refractivity contribution < 1.29 is 9.47 Å². The van der Waals surface area contributed by atoms with Crippen LogP contribution in [0.25, 0.3) is 0 Å². The normalized spacial score (nSPS) is 19.2. The van der Waals surface area contributed by atoms with Gasteiger partial charge < -0.3 is 20.1 Å². The topological polar surface area (TPSA) is 42.5 Å². The lowest BCUT2D eigenvalue weighted by atomic mass is 10.1. The Kier molecular flexibility index (Phi) is 5.05. The number of methoxy groups -OCH3 is 1. The van der Waals surface area contributed by atoms with Gasteiger partial charge in [-0.15, -0.1) is 0 Å². The van der Waals surface area contributed by atoms with Gasteiger partial charge in [-0.1, -0.05) is 0 Å². The number of hydrogen-bond acceptors (Lipinski definition) is 4. The minimum atomic E-state index is 0.335. The summed E-state index contributed by atoms with van der Waals surface area (Å²) in [5.74, 6) is 0.977. The molecule has 1 aromatic rings. The number of aryl methyl sites for hydroxylation is 2. The lowest BCUT2D eigenvalue weighted by Crippen LogP contribution is -2.39. The Morgan fingerprint density at radius 2 is 2.11 bits per heavy atom. The Hall–Kier alpha value is -1.26. The van der Waals surface area contributed by atoms with Gasteiger partial charge in [0.1, 0.15) is 5.75 Å². The van der Waals surface area contributed by atoms with Crippen molar-refractivity contribution in [2.24, 2.45) is 0 Å². The molecule has 0 radical (unpaired) electrons. The molecule has 0 bridgehead atoms. The van der Waals surface area contributed by atoms with Crippen LogP contribution in [0.3, 0.4) is 0 Å². The minimum absolute atomic E-state index is 0.335. The second kappa shape index (κ2) is 6.78. The lowest BCUT2D eigenvalue weighted by molar-refractivity contribution is 0.0258. The van der Waals surface area contributed by atoms with Gasteiger partial charge in [-0.25, -0.2) is 0 Å². The number of morpholine rings is 1. The van der Waals surface area contributed by atoms with Crippen LogP contribution in [0.15, 0.2) is 12.1 Å². The third kappa shape index (κ3) is 3.85. The molecule has 4 nitrogen and oxygen atoms in total. The maximum atomic E-state index is 5.68. The molecule has 106 valence electrons. The first-order valence-corrected chi connectivity index (χ1v) is 6.92. The van der Waals surface area contributed by atoms with Gasteiger partial charge in [-0.2, -0.15) is 0 Å². The highest BCUT2D eigenvalue weighted by molar-refractivity contribution is 5.55. The summed E-state index contributed by atoms with van der Waals surface area (Å²) in [6.45, 7) is 7.84. The molecule has 4 heteroatoms. The van der Waals surface area contributed by atoms with Crippen molar-refractivity contribution in [3.63, 3.8) is 0 Å². The molecule has 1 aromatic carbocycles. The van der Waals surface area contributed by atoms with Crippen LogP contribution in [-0.4, -0.2) is 39.5 Å². The van der Waals surface area contributed by atoms with Gasteiger partial charge in [0.2, 0.25) is 0 Å². The zero-order chi connectivity index (χ0) is 13.7. The zero-order valence-electron chi connectivity index (χ0n) is 12.1. The van der Waals surface area contributed by atoms with E-state index in [1.807, 2.05) is 0 Å². The maximum absolute atomic E-state index is 5.68. The molecule has 1 atom stereocenters. The van der Waals surface area contributed by atoms with Gasteiger partial charge in [0.05, 0.1) is 19.8 Å². The fraction of sp³-hybridized carbons (Fsp3) is 0.600. The monoisotopic (exact) mass is 264 g/mol. The van der Waals surface area contributed by atoms with Gasteiger partial charge in [-0.3, -0.25) is 0 Å². The van der Waals surface area contributed by atoms with Crippen molar-refractivity contribution >= 4 is 5.69 Å². The van der Waals surface area contributed by atoms with E-state index in [0.717, 1.165) is 44.1 Å². The average Bonchev–Trinajstić information content (AvgIpc) is 2.40. The van der Waals surface area contributed by atoms with E-state index in [1.54, 1.807) is 7.11 Å². The molecule has 0 aliphatic carbocycles. The highest BCUT2D eigenvalue weighted by atomic mass is 16.5. The van der Waals surface area contributed by atoms with Gasteiger partial charge in [0.25, 0.3) is 0 Å². The highest BCUT2D eigenvalue weighted by Crippen LogP contribution is 2.26. The molecule has 2 rings (SSSR count). The van der Waals surface area contributed by atoms with Crippen LogP contribution in [0.1, 0.15) is 17.5 Å². The Labute approximate surface area is 115 Å². The number of ether oxygens (including phenoxy) is 2. The second-order valence-corrected chi connectivity index (χ2v) is 5.06. The smallest absolute Gasteiger partial charge is 0.124 e. The van der Waals surface area contributed by atoms with E-state index in [1.165, 1.54) is 11.1 Å². The van der Waals surface area contributed by atoms with E-state index in [2.05, 4.69) is 36.6 Å². The third-order valence-electron chi connectivity index (χ3n) is 3.46. The van der Waals surface area contributed by atoms with Crippen LogP contribution < -0.4 is 15.4 Å². The van der Waals surface area contributed by atoms with Crippen LogP contribution >= 0.6 is 0 Å². The Bertz CT molecular complexity index is 392. The molecule has 1 fully saturated rings. The predicted molar refractivity (Wildman–Crippen MR) is 78.2 cm³/mol. The molecule has 19 heavy (non-hydrogen) atoms. The van der Waals surface area contributed by atoms with Crippen LogP contribution in [0.4, 0.5) is 5.69 Å². The van der Waals surface area contributed by atoms with E-state index >= 15 is 0 Å². The predicted octanol–water partition coefficient (Wildman–Crippen LogP) is 2.10. The SMILES string of the molecule is COc1c(C)cc(NCCC2CNCCO2)cc1C. The molecule has 1 saturated heterocycles. The molecule has 1 heterocycles. The molecule has 0 aromatic heterocycles. The molecule has 1 aliphatic rings. The molecule has 1 aliphatic heterocycles. The first-order chi connectivity index (χ1) is 9.20. The van der Waals surface area contributed by atoms with Crippen LogP contribution in [0, 0.1) is 13.8 Å².